The molecule has 174 valence electrons. The number of esters is 1. The molecule has 13 heteroatoms. The fourth-order valence-electron chi connectivity index (χ4n) is 2.97. The Morgan fingerprint density at radius 3 is 2.52 bits per heavy atom. The van der Waals surface area contributed by atoms with Crippen LogP contribution in [0.2, 0.25) is 0 Å². The normalized spacial score (nSPS) is 10.2. The summed E-state index contributed by atoms with van der Waals surface area (Å²) in [5.74, 6) is -0.443. The second kappa shape index (κ2) is 12.6. The summed E-state index contributed by atoms with van der Waals surface area (Å²) in [7, 11) is 0. The summed E-state index contributed by atoms with van der Waals surface area (Å²) in [6, 6.07) is 8.36. The molecule has 2 aromatic rings. The monoisotopic (exact) mass is 458 g/mol. The molecule has 0 radical (unpaired) electrons. The van der Waals surface area contributed by atoms with Crippen molar-refractivity contribution in [3.05, 3.63) is 78.2 Å². The minimum atomic E-state index is -0.603. The highest BCUT2D eigenvalue weighted by molar-refractivity contribution is 5.69. The number of azide groups is 1. The lowest BCUT2D eigenvalue weighted by Gasteiger charge is -2.08. The molecule has 0 aliphatic carbocycles. The first-order valence-corrected chi connectivity index (χ1v) is 9.95. The van der Waals surface area contributed by atoms with Crippen LogP contribution < -0.4 is 5.32 Å². The van der Waals surface area contributed by atoms with Gasteiger partial charge in [0.05, 0.1) is 22.0 Å². The number of hydrogen-bond donors (Lipinski definition) is 2. The second-order valence-electron chi connectivity index (χ2n) is 6.92. The van der Waals surface area contributed by atoms with E-state index >= 15 is 0 Å². The maximum Gasteiger partial charge on any atom is 0.306 e. The Balaban J connectivity index is 1.72. The molecule has 0 aromatic heterocycles. The lowest BCUT2D eigenvalue weighted by atomic mass is 10.1. The lowest BCUT2D eigenvalue weighted by Crippen LogP contribution is -2.07. The highest BCUT2D eigenvalue weighted by Crippen LogP contribution is 2.29. The summed E-state index contributed by atoms with van der Waals surface area (Å²) in [6.07, 6.45) is 2.03. The molecule has 0 heterocycles. The number of nitro groups is 2. The zero-order valence-electron chi connectivity index (χ0n) is 17.5. The number of unbranched alkanes of at least 4 members (excludes halogenated alkanes) is 2. The van der Waals surface area contributed by atoms with Crippen LogP contribution >= 0.6 is 0 Å². The van der Waals surface area contributed by atoms with Gasteiger partial charge in [-0.25, -0.2) is 0 Å². The summed E-state index contributed by atoms with van der Waals surface area (Å²) in [6.45, 7) is -0.125. The van der Waals surface area contributed by atoms with Crippen molar-refractivity contribution in [3.63, 3.8) is 0 Å². The van der Waals surface area contributed by atoms with Crippen LogP contribution in [-0.2, 0) is 22.7 Å². The van der Waals surface area contributed by atoms with E-state index in [1.165, 1.54) is 30.3 Å². The number of hydrogen-bond acceptors (Lipinski definition) is 9. The van der Waals surface area contributed by atoms with Crippen molar-refractivity contribution in [1.82, 2.24) is 0 Å². The fourth-order valence-corrected chi connectivity index (χ4v) is 2.97. The summed E-state index contributed by atoms with van der Waals surface area (Å²) in [4.78, 5) is 35.5. The van der Waals surface area contributed by atoms with Crippen LogP contribution in [0, 0.1) is 20.2 Å². The van der Waals surface area contributed by atoms with Gasteiger partial charge in [0.25, 0.3) is 11.4 Å². The van der Waals surface area contributed by atoms with Crippen molar-refractivity contribution in [2.24, 2.45) is 5.11 Å². The molecule has 0 bridgehead atoms. The number of aliphatic hydroxyl groups excluding tert-OH is 1. The fraction of sp³-hybridized carbons (Fsp3) is 0.350. The highest BCUT2D eigenvalue weighted by atomic mass is 16.6. The zero-order valence-corrected chi connectivity index (χ0v) is 17.5. The van der Waals surface area contributed by atoms with Crippen LogP contribution in [0.4, 0.5) is 22.7 Å². The van der Waals surface area contributed by atoms with Gasteiger partial charge >= 0.3 is 5.97 Å². The predicted molar refractivity (Wildman–Crippen MR) is 118 cm³/mol. The van der Waals surface area contributed by atoms with Crippen LogP contribution in [0.5, 0.6) is 0 Å². The molecule has 0 aliphatic heterocycles. The largest absolute Gasteiger partial charge is 0.461 e. The van der Waals surface area contributed by atoms with E-state index in [0.717, 1.165) is 0 Å². The van der Waals surface area contributed by atoms with E-state index in [2.05, 4.69) is 15.3 Å². The third kappa shape index (κ3) is 7.76. The van der Waals surface area contributed by atoms with Gasteiger partial charge < -0.3 is 15.2 Å². The average molecular weight is 458 g/mol. The molecular formula is C20H22N6O7. The summed E-state index contributed by atoms with van der Waals surface area (Å²) in [5, 5.41) is 37.6. The molecule has 0 atom stereocenters. The number of benzene rings is 2. The molecule has 0 unspecified atom stereocenters. The molecule has 33 heavy (non-hydrogen) atoms. The Hall–Kier alpha value is -4.22. The third-order valence-electron chi connectivity index (χ3n) is 4.63. The van der Waals surface area contributed by atoms with Crippen molar-refractivity contribution in [3.8, 4) is 0 Å². The maximum absolute atomic E-state index is 11.9. The summed E-state index contributed by atoms with van der Waals surface area (Å²) < 4.78 is 5.14. The second-order valence-corrected chi connectivity index (χ2v) is 6.92. The SMILES string of the molecule is [N-]=[N+]=Nc1ccc(NCCCCCC(=O)OCc2ccc(CO)c([N+](=O)[O-])c2)c([N+](=O)[O-])c1. The first kappa shape index (κ1) is 25.0. The van der Waals surface area contributed by atoms with Crippen LogP contribution in [0.1, 0.15) is 36.8 Å². The van der Waals surface area contributed by atoms with Gasteiger partial charge in [-0.05, 0) is 36.1 Å². The first-order chi connectivity index (χ1) is 15.8. The van der Waals surface area contributed by atoms with Crippen molar-refractivity contribution in [2.45, 2.75) is 38.9 Å². The van der Waals surface area contributed by atoms with E-state index in [1.54, 1.807) is 6.07 Å². The lowest BCUT2D eigenvalue weighted by molar-refractivity contribution is -0.385. The van der Waals surface area contributed by atoms with Crippen molar-refractivity contribution < 1.29 is 24.5 Å². The number of ether oxygens (including phenoxy) is 1. The highest BCUT2D eigenvalue weighted by Gasteiger charge is 2.15. The Morgan fingerprint density at radius 2 is 1.85 bits per heavy atom. The van der Waals surface area contributed by atoms with Crippen LogP contribution in [-0.4, -0.2) is 27.5 Å². The van der Waals surface area contributed by atoms with E-state index in [1.807, 2.05) is 0 Å². The van der Waals surface area contributed by atoms with Crippen LogP contribution in [0.25, 0.3) is 10.4 Å². The molecule has 0 spiro atoms. The van der Waals surface area contributed by atoms with Gasteiger partial charge in [0.15, 0.2) is 0 Å². The van der Waals surface area contributed by atoms with E-state index in [-0.39, 0.29) is 35.7 Å². The minimum absolute atomic E-state index is 0.109. The van der Waals surface area contributed by atoms with E-state index < -0.39 is 22.4 Å². The minimum Gasteiger partial charge on any atom is -0.461 e. The number of anilines is 1. The molecule has 0 saturated carbocycles. The molecule has 2 rings (SSSR count). The Labute approximate surface area is 187 Å². The van der Waals surface area contributed by atoms with E-state index in [0.29, 0.717) is 37.1 Å². The molecule has 2 aromatic carbocycles. The first-order valence-electron chi connectivity index (χ1n) is 9.95. The van der Waals surface area contributed by atoms with Gasteiger partial charge in [0, 0.05) is 35.7 Å². The van der Waals surface area contributed by atoms with Crippen molar-refractivity contribution >= 4 is 28.7 Å². The Bertz CT molecular complexity index is 1070. The average Bonchev–Trinajstić information content (AvgIpc) is 2.80. The van der Waals surface area contributed by atoms with Crippen LogP contribution in [0.3, 0.4) is 0 Å². The topological polar surface area (TPSA) is 194 Å². The number of rotatable bonds is 13. The standard InChI is InChI=1S/C20H22N6O7/c21-24-23-16-7-8-17(19(11-16)26(31)32)22-9-3-1-2-4-20(28)33-13-14-5-6-15(12-27)18(10-14)25(29)30/h5-8,10-11,22,27H,1-4,9,12-13H2. The number of carbonyl (C=O) groups excluding carboxylic acids is 1. The van der Waals surface area contributed by atoms with Gasteiger partial charge in [-0.15, -0.1) is 0 Å². The summed E-state index contributed by atoms with van der Waals surface area (Å²) >= 11 is 0. The molecule has 0 fully saturated rings. The zero-order chi connectivity index (χ0) is 24.2. The molecule has 0 amide bonds. The van der Waals surface area contributed by atoms with Gasteiger partial charge in [-0.1, -0.05) is 23.7 Å². The number of nitrogens with zero attached hydrogens (tertiary/aromatic N) is 5. The Kier molecular flexibility index (Phi) is 9.55. The maximum atomic E-state index is 11.9. The van der Waals surface area contributed by atoms with Crippen LogP contribution in [0.15, 0.2) is 41.5 Å². The summed E-state index contributed by atoms with van der Waals surface area (Å²) in [5.41, 5.74) is 9.08. The number of aliphatic hydroxyl groups is 1. The van der Waals surface area contributed by atoms with Crippen molar-refractivity contribution in [2.75, 3.05) is 11.9 Å². The molecule has 0 aliphatic rings. The predicted octanol–water partition coefficient (Wildman–Crippen LogP) is 4.65. The van der Waals surface area contributed by atoms with Gasteiger partial charge in [0.1, 0.15) is 12.3 Å². The van der Waals surface area contributed by atoms with Gasteiger partial charge in [0.2, 0.25) is 0 Å². The quantitative estimate of drug-likeness (QED) is 0.0822. The van der Waals surface area contributed by atoms with E-state index in [4.69, 9.17) is 15.4 Å². The molecular weight excluding hydrogens is 436 g/mol. The third-order valence-corrected chi connectivity index (χ3v) is 4.63. The number of nitrogens with one attached hydrogen (secondary N) is 1. The number of nitro benzene ring substituents is 2. The van der Waals surface area contributed by atoms with Gasteiger partial charge in [-0.3, -0.25) is 25.0 Å². The molecule has 0 saturated heterocycles. The van der Waals surface area contributed by atoms with E-state index in [9.17, 15) is 25.0 Å². The Morgan fingerprint density at radius 1 is 1.09 bits per heavy atom. The molecule has 13 nitrogen and oxygen atoms in total. The van der Waals surface area contributed by atoms with Crippen molar-refractivity contribution in [1.29, 1.82) is 0 Å². The molecule has 2 N–H and O–H groups in total. The van der Waals surface area contributed by atoms with Gasteiger partial charge in [-0.2, -0.15) is 0 Å². The number of carbonyl (C=O) groups is 1. The smallest absolute Gasteiger partial charge is 0.306 e.